The fourth-order valence-electron chi connectivity index (χ4n) is 2.17. The van der Waals surface area contributed by atoms with Crippen molar-refractivity contribution in [3.8, 4) is 0 Å². The molecule has 2 rings (SSSR count). The summed E-state index contributed by atoms with van der Waals surface area (Å²) in [5, 5.41) is 15.9. The molecule has 1 atom stereocenters. The molecule has 4 nitrogen and oxygen atoms in total. The van der Waals surface area contributed by atoms with Gasteiger partial charge in [-0.15, -0.1) is 0 Å². The molecule has 1 aromatic heterocycles. The SMILES string of the molecule is CC1CCc2[nH]nc(CCC(=O)O)c2C1. The van der Waals surface area contributed by atoms with E-state index in [9.17, 15) is 4.79 Å². The van der Waals surface area contributed by atoms with Crippen LogP contribution in [0.15, 0.2) is 0 Å². The predicted octanol–water partition coefficient (Wildman–Crippen LogP) is 1.55. The molecule has 0 aliphatic heterocycles. The van der Waals surface area contributed by atoms with Crippen LogP contribution in [0.1, 0.15) is 36.7 Å². The van der Waals surface area contributed by atoms with Crippen LogP contribution in [0.2, 0.25) is 0 Å². The first-order chi connectivity index (χ1) is 7.16. The lowest BCUT2D eigenvalue weighted by atomic mass is 9.87. The summed E-state index contributed by atoms with van der Waals surface area (Å²) in [6.07, 6.45) is 4.02. The Morgan fingerprint density at radius 2 is 2.47 bits per heavy atom. The summed E-state index contributed by atoms with van der Waals surface area (Å²) in [5.74, 6) is -0.0608. The zero-order chi connectivity index (χ0) is 10.8. The Balaban J connectivity index is 2.12. The number of aromatic nitrogens is 2. The fourth-order valence-corrected chi connectivity index (χ4v) is 2.17. The van der Waals surface area contributed by atoms with E-state index in [4.69, 9.17) is 5.11 Å². The van der Waals surface area contributed by atoms with E-state index in [0.29, 0.717) is 12.3 Å². The van der Waals surface area contributed by atoms with Crippen LogP contribution in [0.4, 0.5) is 0 Å². The number of hydrogen-bond acceptors (Lipinski definition) is 2. The van der Waals surface area contributed by atoms with Crippen molar-refractivity contribution in [2.45, 2.75) is 39.0 Å². The quantitative estimate of drug-likeness (QED) is 0.792. The molecule has 1 aliphatic carbocycles. The summed E-state index contributed by atoms with van der Waals surface area (Å²) in [7, 11) is 0. The standard InChI is InChI=1S/C11H16N2O2/c1-7-2-3-9-8(6-7)10(13-12-9)4-5-11(14)15/h7H,2-6H2,1H3,(H,12,13)(H,14,15). The van der Waals surface area contributed by atoms with Gasteiger partial charge in [-0.2, -0.15) is 5.10 Å². The van der Waals surface area contributed by atoms with Crippen LogP contribution in [0.5, 0.6) is 0 Å². The minimum atomic E-state index is -0.754. The average Bonchev–Trinajstić information content (AvgIpc) is 2.57. The van der Waals surface area contributed by atoms with Crippen molar-refractivity contribution >= 4 is 5.97 Å². The molecule has 1 aliphatic rings. The number of rotatable bonds is 3. The molecule has 4 heteroatoms. The highest BCUT2D eigenvalue weighted by atomic mass is 16.4. The Labute approximate surface area is 88.7 Å². The Hall–Kier alpha value is -1.32. The molecule has 1 unspecified atom stereocenters. The first-order valence-electron chi connectivity index (χ1n) is 5.43. The fraction of sp³-hybridized carbons (Fsp3) is 0.636. The normalized spacial score (nSPS) is 19.9. The van der Waals surface area contributed by atoms with E-state index in [1.165, 1.54) is 17.7 Å². The molecule has 0 amide bonds. The number of carboxylic acid groups (broad SMARTS) is 1. The van der Waals surface area contributed by atoms with Gasteiger partial charge in [0.25, 0.3) is 0 Å². The van der Waals surface area contributed by atoms with Crippen molar-refractivity contribution < 1.29 is 9.90 Å². The second-order valence-corrected chi connectivity index (χ2v) is 4.37. The van der Waals surface area contributed by atoms with Crippen molar-refractivity contribution in [3.05, 3.63) is 17.0 Å². The van der Waals surface area contributed by atoms with Crippen LogP contribution in [0.25, 0.3) is 0 Å². The number of fused-ring (bicyclic) bond motifs is 1. The van der Waals surface area contributed by atoms with Gasteiger partial charge in [0.05, 0.1) is 12.1 Å². The second-order valence-electron chi connectivity index (χ2n) is 4.37. The number of nitrogens with one attached hydrogen (secondary N) is 1. The van der Waals surface area contributed by atoms with Gasteiger partial charge in [-0.25, -0.2) is 0 Å². The number of hydrogen-bond donors (Lipinski definition) is 2. The molecule has 15 heavy (non-hydrogen) atoms. The van der Waals surface area contributed by atoms with E-state index in [0.717, 1.165) is 18.5 Å². The van der Waals surface area contributed by atoms with Gasteiger partial charge in [0.15, 0.2) is 0 Å². The topological polar surface area (TPSA) is 66.0 Å². The molecule has 0 aromatic carbocycles. The third kappa shape index (κ3) is 2.19. The lowest BCUT2D eigenvalue weighted by molar-refractivity contribution is -0.136. The van der Waals surface area contributed by atoms with Gasteiger partial charge in [0.1, 0.15) is 0 Å². The van der Waals surface area contributed by atoms with Crippen molar-refractivity contribution in [2.24, 2.45) is 5.92 Å². The van der Waals surface area contributed by atoms with E-state index < -0.39 is 5.97 Å². The Morgan fingerprint density at radius 3 is 3.20 bits per heavy atom. The van der Waals surface area contributed by atoms with E-state index >= 15 is 0 Å². The van der Waals surface area contributed by atoms with Crippen LogP contribution >= 0.6 is 0 Å². The molecule has 0 saturated heterocycles. The van der Waals surface area contributed by atoms with Gasteiger partial charge in [-0.3, -0.25) is 9.89 Å². The molecular formula is C11H16N2O2. The van der Waals surface area contributed by atoms with E-state index in [1.807, 2.05) is 0 Å². The van der Waals surface area contributed by atoms with Crippen molar-refractivity contribution in [1.82, 2.24) is 10.2 Å². The average molecular weight is 208 g/mol. The molecule has 0 saturated carbocycles. The largest absolute Gasteiger partial charge is 0.481 e. The van der Waals surface area contributed by atoms with Crippen molar-refractivity contribution in [3.63, 3.8) is 0 Å². The molecule has 0 bridgehead atoms. The van der Waals surface area contributed by atoms with Crippen LogP contribution in [0.3, 0.4) is 0 Å². The number of H-pyrrole nitrogens is 1. The van der Waals surface area contributed by atoms with Crippen molar-refractivity contribution in [2.75, 3.05) is 0 Å². The van der Waals surface area contributed by atoms with Gasteiger partial charge in [0.2, 0.25) is 0 Å². The molecule has 82 valence electrons. The smallest absolute Gasteiger partial charge is 0.303 e. The molecular weight excluding hydrogens is 192 g/mol. The molecule has 0 spiro atoms. The third-order valence-electron chi connectivity index (χ3n) is 3.05. The predicted molar refractivity (Wildman–Crippen MR) is 55.7 cm³/mol. The number of aliphatic carboxylic acids is 1. The lowest BCUT2D eigenvalue weighted by Gasteiger charge is -2.18. The number of aryl methyl sites for hydroxylation is 2. The van der Waals surface area contributed by atoms with Gasteiger partial charge >= 0.3 is 5.97 Å². The number of carboxylic acids is 1. The summed E-state index contributed by atoms with van der Waals surface area (Å²) in [6, 6.07) is 0. The van der Waals surface area contributed by atoms with E-state index in [2.05, 4.69) is 17.1 Å². The van der Waals surface area contributed by atoms with Crippen molar-refractivity contribution in [1.29, 1.82) is 0 Å². The number of aromatic amines is 1. The van der Waals surface area contributed by atoms with Gasteiger partial charge in [-0.05, 0) is 30.7 Å². The molecule has 2 N–H and O–H groups in total. The maximum Gasteiger partial charge on any atom is 0.303 e. The molecule has 1 aromatic rings. The minimum Gasteiger partial charge on any atom is -0.481 e. The Kier molecular flexibility index (Phi) is 2.75. The zero-order valence-electron chi connectivity index (χ0n) is 8.92. The second kappa shape index (κ2) is 4.04. The van der Waals surface area contributed by atoms with Gasteiger partial charge in [-0.1, -0.05) is 6.92 Å². The van der Waals surface area contributed by atoms with Crippen LogP contribution < -0.4 is 0 Å². The minimum absolute atomic E-state index is 0.172. The summed E-state index contributed by atoms with van der Waals surface area (Å²) in [6.45, 7) is 2.23. The number of carbonyl (C=O) groups is 1. The van der Waals surface area contributed by atoms with E-state index in [1.54, 1.807) is 0 Å². The summed E-state index contributed by atoms with van der Waals surface area (Å²) < 4.78 is 0. The first kappa shape index (κ1) is 10.2. The third-order valence-corrected chi connectivity index (χ3v) is 3.05. The Morgan fingerprint density at radius 1 is 1.67 bits per heavy atom. The van der Waals surface area contributed by atoms with Gasteiger partial charge in [0, 0.05) is 12.1 Å². The molecule has 0 radical (unpaired) electrons. The van der Waals surface area contributed by atoms with Crippen LogP contribution in [-0.4, -0.2) is 21.3 Å². The highest BCUT2D eigenvalue weighted by molar-refractivity contribution is 5.67. The maximum absolute atomic E-state index is 10.5. The highest BCUT2D eigenvalue weighted by Crippen LogP contribution is 2.26. The monoisotopic (exact) mass is 208 g/mol. The van der Waals surface area contributed by atoms with Gasteiger partial charge < -0.3 is 5.11 Å². The first-order valence-corrected chi connectivity index (χ1v) is 5.43. The summed E-state index contributed by atoms with van der Waals surface area (Å²) >= 11 is 0. The summed E-state index contributed by atoms with van der Waals surface area (Å²) in [5.41, 5.74) is 3.45. The molecule has 1 heterocycles. The van der Waals surface area contributed by atoms with Crippen LogP contribution in [0, 0.1) is 5.92 Å². The maximum atomic E-state index is 10.5. The van der Waals surface area contributed by atoms with Crippen LogP contribution in [-0.2, 0) is 24.1 Å². The zero-order valence-corrected chi connectivity index (χ0v) is 8.92. The highest BCUT2D eigenvalue weighted by Gasteiger charge is 2.20. The molecule has 0 fully saturated rings. The summed E-state index contributed by atoms with van der Waals surface area (Å²) in [4.78, 5) is 10.5. The Bertz CT molecular complexity index is 371. The number of nitrogens with zero attached hydrogens (tertiary/aromatic N) is 1. The van der Waals surface area contributed by atoms with E-state index in [-0.39, 0.29) is 6.42 Å². The lowest BCUT2D eigenvalue weighted by Crippen LogP contribution is -2.11.